The van der Waals surface area contributed by atoms with Crippen LogP contribution in [0.4, 0.5) is 13.2 Å². The SMILES string of the molecule is CCCOc1cc([C@H](N2NC(=O)CC2(C)C)C(F)(F)F)cc2ccccc12. The molecular formula is C20H23F3N2O2. The van der Waals surface area contributed by atoms with Crippen molar-refractivity contribution in [2.24, 2.45) is 0 Å². The number of nitrogens with zero attached hydrogens (tertiary/aromatic N) is 1. The normalized spacial score (nSPS) is 18.5. The van der Waals surface area contributed by atoms with E-state index in [0.29, 0.717) is 17.7 Å². The molecule has 146 valence electrons. The molecule has 7 heteroatoms. The number of halogens is 3. The van der Waals surface area contributed by atoms with Gasteiger partial charge in [-0.1, -0.05) is 31.2 Å². The number of carbonyl (C=O) groups excluding carboxylic acids is 1. The molecule has 3 rings (SSSR count). The molecular weight excluding hydrogens is 357 g/mol. The summed E-state index contributed by atoms with van der Waals surface area (Å²) in [6, 6.07) is 8.19. The van der Waals surface area contributed by atoms with E-state index in [9.17, 15) is 18.0 Å². The molecule has 0 radical (unpaired) electrons. The van der Waals surface area contributed by atoms with Gasteiger partial charge in [0.15, 0.2) is 6.04 Å². The number of ether oxygens (including phenoxy) is 1. The van der Waals surface area contributed by atoms with Gasteiger partial charge < -0.3 is 4.74 Å². The first-order valence-corrected chi connectivity index (χ1v) is 8.94. The smallest absolute Gasteiger partial charge is 0.409 e. The summed E-state index contributed by atoms with van der Waals surface area (Å²) in [5.74, 6) is 0.0000234. The zero-order valence-electron chi connectivity index (χ0n) is 15.6. The van der Waals surface area contributed by atoms with Crippen LogP contribution in [0.25, 0.3) is 10.8 Å². The van der Waals surface area contributed by atoms with Crippen molar-refractivity contribution in [1.82, 2.24) is 10.4 Å². The Labute approximate surface area is 156 Å². The Balaban J connectivity index is 2.15. The first-order chi connectivity index (χ1) is 12.6. The molecule has 1 heterocycles. The zero-order chi connectivity index (χ0) is 19.8. The third-order valence-corrected chi connectivity index (χ3v) is 4.68. The predicted molar refractivity (Wildman–Crippen MR) is 97.2 cm³/mol. The molecule has 0 saturated carbocycles. The summed E-state index contributed by atoms with van der Waals surface area (Å²) in [6.07, 6.45) is -3.82. The summed E-state index contributed by atoms with van der Waals surface area (Å²) in [5.41, 5.74) is 1.47. The molecule has 1 fully saturated rings. The van der Waals surface area contributed by atoms with Crippen LogP contribution >= 0.6 is 0 Å². The molecule has 1 amide bonds. The van der Waals surface area contributed by atoms with Gasteiger partial charge in [-0.05, 0) is 43.4 Å². The number of hydrazine groups is 1. The van der Waals surface area contributed by atoms with Gasteiger partial charge in [-0.2, -0.15) is 18.2 Å². The van der Waals surface area contributed by atoms with E-state index in [-0.39, 0.29) is 12.0 Å². The Morgan fingerprint density at radius 3 is 2.56 bits per heavy atom. The zero-order valence-corrected chi connectivity index (χ0v) is 15.6. The van der Waals surface area contributed by atoms with Gasteiger partial charge in [0.25, 0.3) is 0 Å². The Morgan fingerprint density at radius 2 is 1.96 bits per heavy atom. The van der Waals surface area contributed by atoms with Gasteiger partial charge in [0, 0.05) is 17.3 Å². The number of hydrogen-bond acceptors (Lipinski definition) is 3. The van der Waals surface area contributed by atoms with Crippen LogP contribution < -0.4 is 10.2 Å². The molecule has 0 bridgehead atoms. The second-order valence-corrected chi connectivity index (χ2v) is 7.43. The van der Waals surface area contributed by atoms with Crippen LogP contribution in [0.5, 0.6) is 5.75 Å². The number of nitrogens with one attached hydrogen (secondary N) is 1. The molecule has 1 saturated heterocycles. The van der Waals surface area contributed by atoms with Gasteiger partial charge >= 0.3 is 6.18 Å². The van der Waals surface area contributed by atoms with E-state index in [1.165, 1.54) is 12.1 Å². The fourth-order valence-corrected chi connectivity index (χ4v) is 3.49. The van der Waals surface area contributed by atoms with Gasteiger partial charge in [-0.3, -0.25) is 10.2 Å². The lowest BCUT2D eigenvalue weighted by atomic mass is 9.95. The summed E-state index contributed by atoms with van der Waals surface area (Å²) in [6.45, 7) is 5.60. The molecule has 1 aliphatic heterocycles. The maximum Gasteiger partial charge on any atom is 0.409 e. The molecule has 4 nitrogen and oxygen atoms in total. The highest BCUT2D eigenvalue weighted by atomic mass is 19.4. The lowest BCUT2D eigenvalue weighted by Gasteiger charge is -2.38. The lowest BCUT2D eigenvalue weighted by molar-refractivity contribution is -0.203. The van der Waals surface area contributed by atoms with E-state index < -0.39 is 23.7 Å². The highest BCUT2D eigenvalue weighted by Gasteiger charge is 2.53. The molecule has 1 aliphatic rings. The van der Waals surface area contributed by atoms with Crippen molar-refractivity contribution >= 4 is 16.7 Å². The number of fused-ring (bicyclic) bond motifs is 1. The highest BCUT2D eigenvalue weighted by Crippen LogP contribution is 2.44. The number of hydrogen-bond donors (Lipinski definition) is 1. The monoisotopic (exact) mass is 380 g/mol. The van der Waals surface area contributed by atoms with E-state index in [2.05, 4.69) is 5.43 Å². The van der Waals surface area contributed by atoms with Crippen molar-refractivity contribution in [2.45, 2.75) is 51.4 Å². The minimum Gasteiger partial charge on any atom is -0.493 e. The number of amides is 1. The Morgan fingerprint density at radius 1 is 1.26 bits per heavy atom. The summed E-state index contributed by atoms with van der Waals surface area (Å²) < 4.78 is 48.0. The Hall–Kier alpha value is -2.28. The van der Waals surface area contributed by atoms with Gasteiger partial charge in [-0.25, -0.2) is 0 Å². The van der Waals surface area contributed by atoms with Crippen molar-refractivity contribution in [3.05, 3.63) is 42.0 Å². The van der Waals surface area contributed by atoms with Crippen molar-refractivity contribution < 1.29 is 22.7 Å². The molecule has 27 heavy (non-hydrogen) atoms. The minimum atomic E-state index is -4.57. The minimum absolute atomic E-state index is 0.00630. The van der Waals surface area contributed by atoms with Crippen LogP contribution in [0, 0.1) is 0 Å². The molecule has 2 aromatic carbocycles. The van der Waals surface area contributed by atoms with Crippen LogP contribution in [0.3, 0.4) is 0 Å². The first-order valence-electron chi connectivity index (χ1n) is 8.94. The molecule has 1 atom stereocenters. The Kier molecular flexibility index (Phi) is 5.08. The number of rotatable bonds is 5. The van der Waals surface area contributed by atoms with Crippen molar-refractivity contribution in [2.75, 3.05) is 6.61 Å². The van der Waals surface area contributed by atoms with Crippen molar-refractivity contribution in [1.29, 1.82) is 0 Å². The van der Waals surface area contributed by atoms with Crippen LogP contribution in [-0.4, -0.2) is 29.2 Å². The summed E-state index contributed by atoms with van der Waals surface area (Å²) >= 11 is 0. The average Bonchev–Trinajstić information content (AvgIpc) is 2.83. The van der Waals surface area contributed by atoms with Crippen LogP contribution in [-0.2, 0) is 4.79 Å². The van der Waals surface area contributed by atoms with Gasteiger partial charge in [0.05, 0.1) is 6.61 Å². The van der Waals surface area contributed by atoms with Crippen LogP contribution in [0.2, 0.25) is 0 Å². The molecule has 0 spiro atoms. The van der Waals surface area contributed by atoms with Crippen LogP contribution in [0.15, 0.2) is 36.4 Å². The highest BCUT2D eigenvalue weighted by molar-refractivity contribution is 5.89. The summed E-state index contributed by atoms with van der Waals surface area (Å²) in [4.78, 5) is 11.8. The van der Waals surface area contributed by atoms with Crippen molar-refractivity contribution in [3.8, 4) is 5.75 Å². The fraction of sp³-hybridized carbons (Fsp3) is 0.450. The van der Waals surface area contributed by atoms with Gasteiger partial charge in [-0.15, -0.1) is 0 Å². The average molecular weight is 380 g/mol. The van der Waals surface area contributed by atoms with Crippen LogP contribution in [0.1, 0.15) is 45.2 Å². The Bertz CT molecular complexity index is 849. The molecule has 1 N–H and O–H groups in total. The van der Waals surface area contributed by atoms with Crippen molar-refractivity contribution in [3.63, 3.8) is 0 Å². The second-order valence-electron chi connectivity index (χ2n) is 7.43. The summed E-state index contributed by atoms with van der Waals surface area (Å²) in [5, 5.41) is 2.45. The van der Waals surface area contributed by atoms with Gasteiger partial charge in [0.2, 0.25) is 5.91 Å². The van der Waals surface area contributed by atoms with E-state index in [1.807, 2.05) is 19.1 Å². The summed E-state index contributed by atoms with van der Waals surface area (Å²) in [7, 11) is 0. The third-order valence-electron chi connectivity index (χ3n) is 4.68. The first kappa shape index (κ1) is 19.5. The molecule has 0 aliphatic carbocycles. The maximum absolute atomic E-state index is 14.1. The fourth-order valence-electron chi connectivity index (χ4n) is 3.49. The van der Waals surface area contributed by atoms with E-state index >= 15 is 0 Å². The van der Waals surface area contributed by atoms with E-state index in [1.54, 1.807) is 26.0 Å². The lowest BCUT2D eigenvalue weighted by Crippen LogP contribution is -2.51. The van der Waals surface area contributed by atoms with Gasteiger partial charge in [0.1, 0.15) is 5.75 Å². The number of benzene rings is 2. The second kappa shape index (κ2) is 7.03. The number of alkyl halides is 3. The molecule has 0 aromatic heterocycles. The maximum atomic E-state index is 14.1. The quantitative estimate of drug-likeness (QED) is 0.814. The predicted octanol–water partition coefficient (Wildman–Crippen LogP) is 4.75. The topological polar surface area (TPSA) is 41.6 Å². The largest absolute Gasteiger partial charge is 0.493 e. The van der Waals surface area contributed by atoms with E-state index in [4.69, 9.17) is 4.74 Å². The molecule has 0 unspecified atom stereocenters. The standard InChI is InChI=1S/C20H23F3N2O2/c1-4-9-27-16-11-14(10-13-7-5-6-8-15(13)16)18(20(21,22)23)25-19(2,3)12-17(26)24-25/h5-8,10-11,18H,4,9,12H2,1-3H3,(H,24,26)/t18-/m0/s1. The number of carbonyl (C=O) groups is 1. The third kappa shape index (κ3) is 3.88. The molecule has 2 aromatic rings. The van der Waals surface area contributed by atoms with E-state index in [0.717, 1.165) is 16.8 Å².